The minimum atomic E-state index is -0.111. The first kappa shape index (κ1) is 19.0. The van der Waals surface area contributed by atoms with E-state index in [1.54, 1.807) is 17.0 Å². The number of nitrogens with zero attached hydrogens (tertiary/aromatic N) is 3. The molecule has 0 radical (unpaired) electrons. The van der Waals surface area contributed by atoms with Gasteiger partial charge in [-0.05, 0) is 37.1 Å². The summed E-state index contributed by atoms with van der Waals surface area (Å²) in [5.41, 5.74) is 4.16. The number of hydrogen-bond acceptors (Lipinski definition) is 5. The fourth-order valence-electron chi connectivity index (χ4n) is 3.17. The Bertz CT molecular complexity index is 1260. The third-order valence-electron chi connectivity index (χ3n) is 4.72. The van der Waals surface area contributed by atoms with E-state index in [1.807, 2.05) is 55.6 Å². The SMILES string of the molecule is Cc1ccccc1NC(=O)Cc1nc(Cn2cnc3c(C)cccc3c2=O)cs1. The number of amides is 1. The lowest BCUT2D eigenvalue weighted by Crippen LogP contribution is -2.21. The van der Waals surface area contributed by atoms with Gasteiger partial charge in [0, 0.05) is 11.1 Å². The summed E-state index contributed by atoms with van der Waals surface area (Å²) >= 11 is 1.42. The second-order valence-corrected chi connectivity index (χ2v) is 7.86. The van der Waals surface area contributed by atoms with Gasteiger partial charge in [-0.2, -0.15) is 0 Å². The van der Waals surface area contributed by atoms with E-state index in [9.17, 15) is 9.59 Å². The average molecular weight is 404 g/mol. The topological polar surface area (TPSA) is 76.9 Å². The molecule has 0 unspecified atom stereocenters. The molecule has 7 heteroatoms. The van der Waals surface area contributed by atoms with Crippen LogP contribution in [0.4, 0.5) is 5.69 Å². The number of rotatable bonds is 5. The predicted octanol–water partition coefficient (Wildman–Crippen LogP) is 3.70. The molecule has 29 heavy (non-hydrogen) atoms. The van der Waals surface area contributed by atoms with Crippen LogP contribution in [0.1, 0.15) is 21.8 Å². The fourth-order valence-corrected chi connectivity index (χ4v) is 3.96. The molecule has 0 aliphatic heterocycles. The molecule has 0 spiro atoms. The molecule has 2 heterocycles. The Balaban J connectivity index is 1.48. The third-order valence-corrected chi connectivity index (χ3v) is 5.62. The molecule has 1 amide bonds. The largest absolute Gasteiger partial charge is 0.325 e. The van der Waals surface area contributed by atoms with E-state index in [-0.39, 0.29) is 17.9 Å². The molecule has 2 aromatic heterocycles. The zero-order valence-corrected chi connectivity index (χ0v) is 17.0. The molecule has 0 fully saturated rings. The van der Waals surface area contributed by atoms with Crippen LogP contribution in [0.15, 0.2) is 59.0 Å². The molecule has 1 N–H and O–H groups in total. The summed E-state index contributed by atoms with van der Waals surface area (Å²) in [4.78, 5) is 34.0. The van der Waals surface area contributed by atoms with Crippen molar-refractivity contribution in [2.45, 2.75) is 26.8 Å². The van der Waals surface area contributed by atoms with Crippen molar-refractivity contribution in [3.8, 4) is 0 Å². The Morgan fingerprint density at radius 2 is 1.90 bits per heavy atom. The highest BCUT2D eigenvalue weighted by atomic mass is 32.1. The van der Waals surface area contributed by atoms with Crippen LogP contribution in [-0.4, -0.2) is 20.4 Å². The summed E-state index contributed by atoms with van der Waals surface area (Å²) in [6, 6.07) is 13.2. The number of nitrogens with one attached hydrogen (secondary N) is 1. The molecule has 4 rings (SSSR count). The maximum absolute atomic E-state index is 12.7. The summed E-state index contributed by atoms with van der Waals surface area (Å²) in [5, 5.41) is 6.10. The molecule has 2 aromatic carbocycles. The van der Waals surface area contributed by atoms with Crippen molar-refractivity contribution < 1.29 is 4.79 Å². The van der Waals surface area contributed by atoms with Gasteiger partial charge in [-0.3, -0.25) is 14.2 Å². The second-order valence-electron chi connectivity index (χ2n) is 6.92. The number of thiazole rings is 1. The third kappa shape index (κ3) is 4.09. The van der Waals surface area contributed by atoms with Gasteiger partial charge in [0.1, 0.15) is 5.01 Å². The standard InChI is InChI=1S/C22H20N4O2S/c1-14-6-3-4-9-18(14)25-19(27)10-20-24-16(12-29-20)11-26-13-23-21-15(2)7-5-8-17(21)22(26)28/h3-9,12-13H,10-11H2,1-2H3,(H,25,27). The number of para-hydroxylation sites is 2. The Hall–Kier alpha value is -3.32. The van der Waals surface area contributed by atoms with Crippen LogP contribution in [-0.2, 0) is 17.8 Å². The van der Waals surface area contributed by atoms with Gasteiger partial charge in [0.25, 0.3) is 5.56 Å². The first-order chi connectivity index (χ1) is 14.0. The Labute approximate surface area is 171 Å². The maximum atomic E-state index is 12.7. The molecule has 146 valence electrons. The van der Waals surface area contributed by atoms with Gasteiger partial charge in [0.05, 0.1) is 35.9 Å². The van der Waals surface area contributed by atoms with Crippen molar-refractivity contribution in [1.82, 2.24) is 14.5 Å². The van der Waals surface area contributed by atoms with E-state index in [0.29, 0.717) is 16.9 Å². The monoisotopic (exact) mass is 404 g/mol. The van der Waals surface area contributed by atoms with E-state index in [2.05, 4.69) is 15.3 Å². The van der Waals surface area contributed by atoms with Gasteiger partial charge < -0.3 is 5.32 Å². The smallest absolute Gasteiger partial charge is 0.261 e. The van der Waals surface area contributed by atoms with E-state index >= 15 is 0 Å². The number of aryl methyl sites for hydroxylation is 2. The highest BCUT2D eigenvalue weighted by molar-refractivity contribution is 7.09. The average Bonchev–Trinajstić information content (AvgIpc) is 3.13. The predicted molar refractivity (Wildman–Crippen MR) is 115 cm³/mol. The number of fused-ring (bicyclic) bond motifs is 1. The molecule has 0 aliphatic carbocycles. The zero-order valence-electron chi connectivity index (χ0n) is 16.2. The molecular formula is C22H20N4O2S. The number of carbonyl (C=O) groups excluding carboxylic acids is 1. The molecule has 0 saturated carbocycles. The Morgan fingerprint density at radius 3 is 2.72 bits per heavy atom. The van der Waals surface area contributed by atoms with Crippen molar-refractivity contribution in [3.05, 3.63) is 86.4 Å². The van der Waals surface area contributed by atoms with Gasteiger partial charge in [-0.1, -0.05) is 30.3 Å². The van der Waals surface area contributed by atoms with E-state index in [4.69, 9.17) is 0 Å². The minimum absolute atomic E-state index is 0.0921. The first-order valence-corrected chi connectivity index (χ1v) is 10.1. The summed E-state index contributed by atoms with van der Waals surface area (Å²) < 4.78 is 1.55. The van der Waals surface area contributed by atoms with Crippen LogP contribution in [0.3, 0.4) is 0 Å². The summed E-state index contributed by atoms with van der Waals surface area (Å²) in [6.45, 7) is 4.22. The van der Waals surface area contributed by atoms with Gasteiger partial charge in [0.15, 0.2) is 0 Å². The minimum Gasteiger partial charge on any atom is -0.325 e. The van der Waals surface area contributed by atoms with Gasteiger partial charge in [-0.15, -0.1) is 11.3 Å². The molecule has 0 bridgehead atoms. The van der Waals surface area contributed by atoms with E-state index < -0.39 is 0 Å². The van der Waals surface area contributed by atoms with Crippen LogP contribution in [0, 0.1) is 13.8 Å². The van der Waals surface area contributed by atoms with Crippen molar-refractivity contribution in [1.29, 1.82) is 0 Å². The number of benzene rings is 2. The van der Waals surface area contributed by atoms with Crippen molar-refractivity contribution in [2.24, 2.45) is 0 Å². The maximum Gasteiger partial charge on any atom is 0.261 e. The second kappa shape index (κ2) is 7.97. The Kier molecular flexibility index (Phi) is 5.22. The summed E-state index contributed by atoms with van der Waals surface area (Å²) in [5.74, 6) is -0.111. The van der Waals surface area contributed by atoms with Crippen LogP contribution >= 0.6 is 11.3 Å². The fraction of sp³-hybridized carbons (Fsp3) is 0.182. The van der Waals surface area contributed by atoms with Crippen LogP contribution in [0.2, 0.25) is 0 Å². The van der Waals surface area contributed by atoms with E-state index in [1.165, 1.54) is 11.3 Å². The number of carbonyl (C=O) groups is 1. The summed E-state index contributed by atoms with van der Waals surface area (Å²) in [6.07, 6.45) is 1.75. The molecule has 0 aliphatic rings. The van der Waals surface area contributed by atoms with Crippen LogP contribution < -0.4 is 10.9 Å². The molecule has 4 aromatic rings. The molecule has 0 saturated heterocycles. The van der Waals surface area contributed by atoms with Crippen molar-refractivity contribution in [2.75, 3.05) is 5.32 Å². The number of hydrogen-bond donors (Lipinski definition) is 1. The lowest BCUT2D eigenvalue weighted by Gasteiger charge is -2.07. The zero-order chi connectivity index (χ0) is 20.4. The number of aromatic nitrogens is 3. The van der Waals surface area contributed by atoms with Crippen molar-refractivity contribution >= 4 is 33.8 Å². The molecule has 6 nitrogen and oxygen atoms in total. The van der Waals surface area contributed by atoms with Gasteiger partial charge in [-0.25, -0.2) is 9.97 Å². The van der Waals surface area contributed by atoms with Crippen LogP contribution in [0.25, 0.3) is 10.9 Å². The highest BCUT2D eigenvalue weighted by Gasteiger charge is 2.11. The Morgan fingerprint density at radius 1 is 1.10 bits per heavy atom. The highest BCUT2D eigenvalue weighted by Crippen LogP contribution is 2.16. The number of anilines is 1. The quantitative estimate of drug-likeness (QED) is 0.550. The normalized spacial score (nSPS) is 11.0. The van der Waals surface area contributed by atoms with Crippen molar-refractivity contribution in [3.63, 3.8) is 0 Å². The summed E-state index contributed by atoms with van der Waals surface area (Å²) in [7, 11) is 0. The molecule has 0 atom stereocenters. The lowest BCUT2D eigenvalue weighted by atomic mass is 10.1. The lowest BCUT2D eigenvalue weighted by molar-refractivity contribution is -0.115. The van der Waals surface area contributed by atoms with E-state index in [0.717, 1.165) is 28.0 Å². The first-order valence-electron chi connectivity index (χ1n) is 9.25. The van der Waals surface area contributed by atoms with Gasteiger partial charge in [0.2, 0.25) is 5.91 Å². The molecular weight excluding hydrogens is 384 g/mol. The van der Waals surface area contributed by atoms with Gasteiger partial charge >= 0.3 is 0 Å². The van der Waals surface area contributed by atoms with Crippen LogP contribution in [0.5, 0.6) is 0 Å².